The summed E-state index contributed by atoms with van der Waals surface area (Å²) in [5, 5.41) is 2.87. The number of hydrogen-bond donors (Lipinski definition) is 2. The van der Waals surface area contributed by atoms with Gasteiger partial charge < -0.3 is 15.6 Å². The molecule has 3 heterocycles. The zero-order chi connectivity index (χ0) is 22.1. The van der Waals surface area contributed by atoms with Crippen molar-refractivity contribution in [2.45, 2.75) is 94.8 Å². The van der Waals surface area contributed by atoms with Crippen molar-refractivity contribution in [3.8, 4) is 0 Å². The highest BCUT2D eigenvalue weighted by Crippen LogP contribution is 2.44. The number of carbonyl (C=O) groups is 1. The number of piperidine rings is 1. The zero-order valence-electron chi connectivity index (χ0n) is 18.8. The average molecular weight is 438 g/mol. The van der Waals surface area contributed by atoms with Crippen LogP contribution in [0.15, 0.2) is 29.1 Å². The lowest BCUT2D eigenvalue weighted by Crippen LogP contribution is -2.50. The van der Waals surface area contributed by atoms with Crippen LogP contribution in [0.25, 0.3) is 11.0 Å². The fourth-order valence-electron chi connectivity index (χ4n) is 6.53. The van der Waals surface area contributed by atoms with E-state index < -0.39 is 5.91 Å². The van der Waals surface area contributed by atoms with Gasteiger partial charge in [0.15, 0.2) is 5.82 Å². The number of primary amides is 1. The summed E-state index contributed by atoms with van der Waals surface area (Å²) in [6.07, 6.45) is 14.0. The molecule has 1 aromatic heterocycles. The number of benzene rings is 1. The molecular weight excluding hydrogens is 402 g/mol. The molecule has 2 aliphatic heterocycles. The van der Waals surface area contributed by atoms with Gasteiger partial charge in [-0.15, -0.1) is 0 Å². The number of hydrogen-bond acceptors (Lipinski definition) is 5. The Morgan fingerprint density at radius 1 is 0.938 bits per heavy atom. The molecule has 3 fully saturated rings. The van der Waals surface area contributed by atoms with Crippen LogP contribution >= 0.6 is 0 Å². The van der Waals surface area contributed by atoms with E-state index in [4.69, 9.17) is 5.73 Å². The minimum Gasteiger partial charge on any atom is -0.368 e. The fourth-order valence-corrected chi connectivity index (χ4v) is 6.53. The van der Waals surface area contributed by atoms with E-state index in [0.29, 0.717) is 18.1 Å². The van der Waals surface area contributed by atoms with Crippen LogP contribution in [-0.2, 0) is 4.79 Å². The van der Waals surface area contributed by atoms with Gasteiger partial charge in [0.2, 0.25) is 5.91 Å². The molecule has 1 saturated carbocycles. The highest BCUT2D eigenvalue weighted by molar-refractivity contribution is 5.80. The number of rotatable bonds is 5. The number of carbonyl (C=O) groups excluding carboxylic acids is 1. The molecule has 5 rings (SSSR count). The monoisotopic (exact) mass is 437 g/mol. The highest BCUT2D eigenvalue weighted by Gasteiger charge is 2.44. The molecule has 1 aliphatic carbocycles. The summed E-state index contributed by atoms with van der Waals surface area (Å²) in [6.45, 7) is -0.0913. The second-order valence-electron chi connectivity index (χ2n) is 9.90. The van der Waals surface area contributed by atoms with Gasteiger partial charge in [-0.1, -0.05) is 44.2 Å². The molecular formula is C25H35N5O2. The van der Waals surface area contributed by atoms with Gasteiger partial charge in [0.05, 0.1) is 17.6 Å². The molecule has 1 amide bonds. The Bertz CT molecular complexity index is 1010. The van der Waals surface area contributed by atoms with Crippen LogP contribution in [0.1, 0.15) is 76.7 Å². The van der Waals surface area contributed by atoms with E-state index >= 15 is 0 Å². The Hall–Kier alpha value is -2.41. The topological polar surface area (TPSA) is 93.2 Å². The maximum atomic E-state index is 13.5. The van der Waals surface area contributed by atoms with Gasteiger partial charge in [0.25, 0.3) is 5.56 Å². The van der Waals surface area contributed by atoms with E-state index in [2.05, 4.69) is 15.2 Å². The largest absolute Gasteiger partial charge is 0.368 e. The van der Waals surface area contributed by atoms with Crippen molar-refractivity contribution in [3.63, 3.8) is 0 Å². The van der Waals surface area contributed by atoms with E-state index in [1.807, 2.05) is 28.8 Å². The first-order chi connectivity index (χ1) is 15.6. The molecule has 7 nitrogen and oxygen atoms in total. The van der Waals surface area contributed by atoms with Crippen LogP contribution in [0.2, 0.25) is 0 Å². The molecule has 1 aromatic carbocycles. The van der Waals surface area contributed by atoms with Crippen molar-refractivity contribution in [2.75, 3.05) is 11.9 Å². The molecule has 3 N–H and O–H groups in total. The molecule has 2 aromatic rings. The zero-order valence-corrected chi connectivity index (χ0v) is 18.8. The molecule has 7 heteroatoms. The third-order valence-corrected chi connectivity index (χ3v) is 7.85. The summed E-state index contributed by atoms with van der Waals surface area (Å²) in [5.41, 5.74) is 6.80. The third-order valence-electron chi connectivity index (χ3n) is 7.85. The molecule has 3 aliphatic rings. The lowest BCUT2D eigenvalue weighted by Gasteiger charge is -2.45. The molecule has 0 spiro atoms. The van der Waals surface area contributed by atoms with Crippen LogP contribution in [0.4, 0.5) is 5.82 Å². The van der Waals surface area contributed by atoms with Gasteiger partial charge >= 0.3 is 0 Å². The van der Waals surface area contributed by atoms with E-state index in [0.717, 1.165) is 23.9 Å². The van der Waals surface area contributed by atoms with Crippen molar-refractivity contribution in [1.29, 1.82) is 0 Å². The summed E-state index contributed by atoms with van der Waals surface area (Å²) in [5.74, 6) is -0.284. The molecule has 2 unspecified atom stereocenters. The van der Waals surface area contributed by atoms with E-state index in [9.17, 15) is 9.59 Å². The Labute approximate surface area is 189 Å². The van der Waals surface area contributed by atoms with Crippen LogP contribution < -0.4 is 16.6 Å². The smallest absolute Gasteiger partial charge is 0.294 e. The Kier molecular flexibility index (Phi) is 6.17. The summed E-state index contributed by atoms with van der Waals surface area (Å²) in [4.78, 5) is 32.1. The number of anilines is 1. The number of amides is 1. The fraction of sp³-hybridized carbons (Fsp3) is 0.640. The van der Waals surface area contributed by atoms with Gasteiger partial charge in [0, 0.05) is 24.2 Å². The highest BCUT2D eigenvalue weighted by atomic mass is 16.1. The molecule has 32 heavy (non-hydrogen) atoms. The van der Waals surface area contributed by atoms with Gasteiger partial charge in [-0.2, -0.15) is 0 Å². The van der Waals surface area contributed by atoms with Crippen molar-refractivity contribution >= 4 is 22.8 Å². The SMILES string of the molecule is NC(=O)CNc1nc2ccccc2n(C2CC3CC[C@@H](C2)N3C2CCCCCCC2)c1=O. The summed E-state index contributed by atoms with van der Waals surface area (Å²) in [7, 11) is 0. The number of nitrogens with two attached hydrogens (primary N) is 1. The Balaban J connectivity index is 1.45. The minimum absolute atomic E-state index is 0.0913. The number of aromatic nitrogens is 2. The molecule has 3 atom stereocenters. The maximum absolute atomic E-state index is 13.5. The van der Waals surface area contributed by atoms with Crippen molar-refractivity contribution in [2.24, 2.45) is 5.73 Å². The number of nitrogens with zero attached hydrogens (tertiary/aromatic N) is 3. The first-order valence-corrected chi connectivity index (χ1v) is 12.4. The van der Waals surface area contributed by atoms with Crippen LogP contribution in [-0.4, -0.2) is 45.0 Å². The normalized spacial score (nSPS) is 27.2. The predicted octanol–water partition coefficient (Wildman–Crippen LogP) is 3.57. The first kappa shape index (κ1) is 21.4. The lowest BCUT2D eigenvalue weighted by atomic mass is 9.89. The van der Waals surface area contributed by atoms with Gasteiger partial charge in [-0.3, -0.25) is 14.5 Å². The van der Waals surface area contributed by atoms with Crippen molar-refractivity contribution in [1.82, 2.24) is 14.5 Å². The van der Waals surface area contributed by atoms with E-state index in [-0.39, 0.29) is 24.0 Å². The van der Waals surface area contributed by atoms with Gasteiger partial charge in [0.1, 0.15) is 0 Å². The number of fused-ring (bicyclic) bond motifs is 3. The Morgan fingerprint density at radius 2 is 1.59 bits per heavy atom. The van der Waals surface area contributed by atoms with Crippen LogP contribution in [0.3, 0.4) is 0 Å². The summed E-state index contributed by atoms with van der Waals surface area (Å²) in [6, 6.07) is 9.81. The van der Waals surface area contributed by atoms with Crippen molar-refractivity contribution < 1.29 is 4.79 Å². The van der Waals surface area contributed by atoms with Gasteiger partial charge in [-0.25, -0.2) is 4.98 Å². The second-order valence-corrected chi connectivity index (χ2v) is 9.90. The minimum atomic E-state index is -0.503. The maximum Gasteiger partial charge on any atom is 0.294 e. The van der Waals surface area contributed by atoms with E-state index in [1.54, 1.807) is 0 Å². The molecule has 0 radical (unpaired) electrons. The number of nitrogens with one attached hydrogen (secondary N) is 1. The quantitative estimate of drug-likeness (QED) is 0.746. The van der Waals surface area contributed by atoms with Crippen LogP contribution in [0.5, 0.6) is 0 Å². The number of para-hydroxylation sites is 2. The average Bonchev–Trinajstić information content (AvgIpc) is 3.01. The second kappa shape index (κ2) is 9.22. The van der Waals surface area contributed by atoms with Gasteiger partial charge in [-0.05, 0) is 50.7 Å². The van der Waals surface area contributed by atoms with Crippen molar-refractivity contribution in [3.05, 3.63) is 34.6 Å². The van der Waals surface area contributed by atoms with E-state index in [1.165, 1.54) is 57.8 Å². The summed E-state index contributed by atoms with van der Waals surface area (Å²) < 4.78 is 1.95. The molecule has 2 saturated heterocycles. The Morgan fingerprint density at radius 3 is 2.28 bits per heavy atom. The third kappa shape index (κ3) is 4.15. The first-order valence-electron chi connectivity index (χ1n) is 12.4. The molecule has 2 bridgehead atoms. The lowest BCUT2D eigenvalue weighted by molar-refractivity contribution is -0.116. The predicted molar refractivity (Wildman–Crippen MR) is 127 cm³/mol. The standard InChI is InChI=1S/C25H35N5O2/c26-23(31)16-27-24-25(32)30(22-11-7-6-10-21(22)28-24)20-14-18-12-13-19(15-20)29(18)17-8-4-2-1-3-5-9-17/h6-7,10-11,17-20H,1-5,8-9,12-16H2,(H2,26,31)(H,27,28)/t18-,19?,20?/m0/s1. The summed E-state index contributed by atoms with van der Waals surface area (Å²) >= 11 is 0. The van der Waals surface area contributed by atoms with Crippen LogP contribution in [0, 0.1) is 0 Å². The molecule has 172 valence electrons.